The van der Waals surface area contributed by atoms with E-state index in [0.29, 0.717) is 0 Å². The lowest BCUT2D eigenvalue weighted by Crippen LogP contribution is -1.80. The fraction of sp³-hybridized carbons (Fsp3) is 0.333. The molecule has 4 nitrogen and oxygen atoms in total. The Kier molecular flexibility index (Phi) is 5.69. The summed E-state index contributed by atoms with van der Waals surface area (Å²) in [5.41, 5.74) is 3.58. The van der Waals surface area contributed by atoms with Crippen molar-refractivity contribution in [2.45, 2.75) is 35.6 Å². The molecular weight excluding hydrogens is 300 g/mol. The third-order valence-corrected chi connectivity index (χ3v) is 4.60. The van der Waals surface area contributed by atoms with Crippen LogP contribution in [0.15, 0.2) is 29.4 Å². The summed E-state index contributed by atoms with van der Waals surface area (Å²) in [7, 11) is 0. The first-order valence-corrected chi connectivity index (χ1v) is 7.68. The maximum atomic E-state index is 4.35. The number of aryl methyl sites for hydroxylation is 3. The number of fused-ring (bicyclic) bond motifs is 2. The summed E-state index contributed by atoms with van der Waals surface area (Å²) in [6, 6.07) is 0. The van der Waals surface area contributed by atoms with Crippen LogP contribution in [0.3, 0.4) is 0 Å². The smallest absolute Gasteiger partial charge is 0.194 e. The van der Waals surface area contributed by atoms with Crippen molar-refractivity contribution in [3.8, 4) is 0 Å². The lowest BCUT2D eigenvalue weighted by Gasteiger charge is -1.86. The van der Waals surface area contributed by atoms with Crippen molar-refractivity contribution in [1.29, 1.82) is 0 Å². The van der Waals surface area contributed by atoms with Crippen molar-refractivity contribution >= 4 is 32.6 Å². The Morgan fingerprint density at radius 2 is 1.52 bits per heavy atom. The highest BCUT2D eigenvalue weighted by Gasteiger charge is 2.02. The maximum Gasteiger partial charge on any atom is 0.194 e. The average molecular weight is 323 g/mol. The van der Waals surface area contributed by atoms with Crippen LogP contribution in [-0.4, -0.2) is 18.8 Å². The van der Waals surface area contributed by atoms with Gasteiger partial charge < -0.3 is 0 Å². The molecule has 4 rings (SSSR count). The molecule has 0 saturated heterocycles. The van der Waals surface area contributed by atoms with Crippen molar-refractivity contribution in [2.24, 2.45) is 0 Å². The van der Waals surface area contributed by atoms with E-state index in [1.165, 1.54) is 11.4 Å². The SMILES string of the molecule is C.C.Cc1cnc2sccn12.Cc1nc2sccn2c1C. The van der Waals surface area contributed by atoms with Crippen LogP contribution in [0.2, 0.25) is 0 Å². The monoisotopic (exact) mass is 322 g/mol. The molecule has 21 heavy (non-hydrogen) atoms. The van der Waals surface area contributed by atoms with Gasteiger partial charge in [0.25, 0.3) is 0 Å². The number of aromatic nitrogens is 4. The maximum absolute atomic E-state index is 4.35. The number of hydrogen-bond acceptors (Lipinski definition) is 4. The Morgan fingerprint density at radius 3 is 2.14 bits per heavy atom. The van der Waals surface area contributed by atoms with E-state index in [1.54, 1.807) is 22.7 Å². The second kappa shape index (κ2) is 6.87. The molecule has 114 valence electrons. The fourth-order valence-corrected chi connectivity index (χ4v) is 3.39. The second-order valence-corrected chi connectivity index (χ2v) is 6.04. The molecule has 4 heterocycles. The minimum atomic E-state index is 0. The van der Waals surface area contributed by atoms with E-state index in [9.17, 15) is 0 Å². The molecule has 0 aliphatic heterocycles. The van der Waals surface area contributed by atoms with Gasteiger partial charge in [0.2, 0.25) is 0 Å². The molecule has 0 aliphatic carbocycles. The van der Waals surface area contributed by atoms with Gasteiger partial charge in [0.05, 0.1) is 5.69 Å². The molecule has 0 aliphatic rings. The van der Waals surface area contributed by atoms with Crippen molar-refractivity contribution in [2.75, 3.05) is 0 Å². The summed E-state index contributed by atoms with van der Waals surface area (Å²) < 4.78 is 4.19. The lowest BCUT2D eigenvalue weighted by molar-refractivity contribution is 1.11. The molecule has 0 radical (unpaired) electrons. The summed E-state index contributed by atoms with van der Waals surface area (Å²) in [6.45, 7) is 6.17. The second-order valence-electron chi connectivity index (χ2n) is 4.29. The molecule has 4 aromatic rings. The third-order valence-electron chi connectivity index (χ3n) is 3.07. The zero-order valence-electron chi connectivity index (χ0n) is 11.0. The molecule has 6 heteroatoms. The van der Waals surface area contributed by atoms with Crippen molar-refractivity contribution < 1.29 is 0 Å². The molecule has 4 aromatic heterocycles. The van der Waals surface area contributed by atoms with E-state index in [0.717, 1.165) is 15.6 Å². The van der Waals surface area contributed by atoms with Gasteiger partial charge in [-0.3, -0.25) is 8.80 Å². The van der Waals surface area contributed by atoms with Gasteiger partial charge in [0.15, 0.2) is 9.92 Å². The van der Waals surface area contributed by atoms with Crippen LogP contribution in [0.25, 0.3) is 9.92 Å². The lowest BCUT2D eigenvalue weighted by atomic mass is 10.4. The average Bonchev–Trinajstić information content (AvgIpc) is 3.10. The Balaban J connectivity index is 0.000000192. The molecular formula is C15H22N4S2. The topological polar surface area (TPSA) is 34.6 Å². The fourth-order valence-electron chi connectivity index (χ4n) is 1.85. The van der Waals surface area contributed by atoms with Gasteiger partial charge in [-0.25, -0.2) is 9.97 Å². The third kappa shape index (κ3) is 3.16. The molecule has 0 fully saturated rings. The normalized spacial score (nSPS) is 9.86. The van der Waals surface area contributed by atoms with Crippen LogP contribution in [0.4, 0.5) is 0 Å². The number of thiazole rings is 2. The van der Waals surface area contributed by atoms with E-state index < -0.39 is 0 Å². The van der Waals surface area contributed by atoms with Gasteiger partial charge in [-0.2, -0.15) is 0 Å². The Labute approximate surface area is 133 Å². The minimum Gasteiger partial charge on any atom is -0.295 e. The largest absolute Gasteiger partial charge is 0.295 e. The first-order valence-electron chi connectivity index (χ1n) is 5.92. The highest BCUT2D eigenvalue weighted by Crippen LogP contribution is 2.15. The first kappa shape index (κ1) is 17.4. The highest BCUT2D eigenvalue weighted by atomic mass is 32.1. The number of rotatable bonds is 0. The highest BCUT2D eigenvalue weighted by molar-refractivity contribution is 7.15. The Bertz CT molecular complexity index is 819. The quantitative estimate of drug-likeness (QED) is 0.457. The summed E-state index contributed by atoms with van der Waals surface area (Å²) in [6.07, 6.45) is 5.96. The van der Waals surface area contributed by atoms with Gasteiger partial charge in [0.1, 0.15) is 0 Å². The van der Waals surface area contributed by atoms with Crippen molar-refractivity contribution in [3.05, 3.63) is 46.4 Å². The zero-order valence-corrected chi connectivity index (χ0v) is 12.6. The van der Waals surface area contributed by atoms with Crippen LogP contribution >= 0.6 is 22.7 Å². The molecule has 0 bridgehead atoms. The van der Waals surface area contributed by atoms with Crippen LogP contribution in [0.5, 0.6) is 0 Å². The van der Waals surface area contributed by atoms with Gasteiger partial charge in [-0.05, 0) is 20.8 Å². The van der Waals surface area contributed by atoms with Gasteiger partial charge in [-0.1, -0.05) is 14.9 Å². The van der Waals surface area contributed by atoms with Crippen molar-refractivity contribution in [1.82, 2.24) is 18.8 Å². The number of hydrogen-bond donors (Lipinski definition) is 0. The standard InChI is InChI=1S/C7H8N2S.C6H6N2S.2CH4/c1-5-6(2)9-3-4-10-7(9)8-5;1-5-4-7-6-8(5)2-3-9-6;;/h3-4H,1-2H3;2-4H,1H3;2*1H4. The van der Waals surface area contributed by atoms with Gasteiger partial charge in [-0.15, -0.1) is 22.7 Å². The van der Waals surface area contributed by atoms with Crippen LogP contribution < -0.4 is 0 Å². The van der Waals surface area contributed by atoms with Crippen molar-refractivity contribution in [3.63, 3.8) is 0 Å². The van der Waals surface area contributed by atoms with Crippen LogP contribution in [-0.2, 0) is 0 Å². The Hall–Kier alpha value is -1.66. The van der Waals surface area contributed by atoms with Crippen LogP contribution in [0.1, 0.15) is 31.9 Å². The summed E-state index contributed by atoms with van der Waals surface area (Å²) in [4.78, 5) is 10.7. The molecule has 0 N–H and O–H groups in total. The predicted octanol–water partition coefficient (Wildman–Crippen LogP) is 4.99. The van der Waals surface area contributed by atoms with E-state index >= 15 is 0 Å². The molecule has 0 unspecified atom stereocenters. The van der Waals surface area contributed by atoms with E-state index in [-0.39, 0.29) is 14.9 Å². The molecule has 0 aromatic carbocycles. The van der Waals surface area contributed by atoms with Gasteiger partial charge >= 0.3 is 0 Å². The summed E-state index contributed by atoms with van der Waals surface area (Å²) >= 11 is 3.33. The first-order chi connectivity index (χ1) is 9.16. The predicted molar refractivity (Wildman–Crippen MR) is 93.8 cm³/mol. The zero-order chi connectivity index (χ0) is 13.4. The molecule has 0 amide bonds. The number of imidazole rings is 2. The van der Waals surface area contributed by atoms with Gasteiger partial charge in [0, 0.05) is 40.7 Å². The summed E-state index contributed by atoms with van der Waals surface area (Å²) in [5.74, 6) is 0. The minimum absolute atomic E-state index is 0. The van der Waals surface area contributed by atoms with E-state index in [4.69, 9.17) is 0 Å². The van der Waals surface area contributed by atoms with Crippen LogP contribution in [0, 0.1) is 20.8 Å². The van der Waals surface area contributed by atoms with E-state index in [1.807, 2.05) is 31.6 Å². The van der Waals surface area contributed by atoms with E-state index in [2.05, 4.69) is 37.3 Å². The molecule has 0 saturated carbocycles. The molecule has 0 spiro atoms. The Morgan fingerprint density at radius 1 is 0.905 bits per heavy atom. The number of nitrogens with zero attached hydrogens (tertiary/aromatic N) is 4. The summed E-state index contributed by atoms with van der Waals surface area (Å²) in [5, 5.41) is 4.09. The molecule has 0 atom stereocenters.